The molecule has 2 heterocycles. The zero-order valence-corrected chi connectivity index (χ0v) is 18.1. The summed E-state index contributed by atoms with van der Waals surface area (Å²) in [6.07, 6.45) is 1.83. The Hall–Kier alpha value is -3.81. The number of benzene rings is 2. The molecule has 1 amide bonds. The van der Waals surface area contributed by atoms with Crippen LogP contribution in [0.5, 0.6) is 0 Å². The van der Waals surface area contributed by atoms with Crippen LogP contribution in [-0.4, -0.2) is 35.1 Å². The van der Waals surface area contributed by atoms with Crippen LogP contribution in [-0.2, 0) is 17.8 Å². The van der Waals surface area contributed by atoms with E-state index in [-0.39, 0.29) is 30.5 Å². The number of carbonyl (C=O) groups is 1. The number of aryl methyl sites for hydroxylation is 1. The summed E-state index contributed by atoms with van der Waals surface area (Å²) in [5.41, 5.74) is 8.22. The lowest BCUT2D eigenvalue weighted by Gasteiger charge is -2.32. The van der Waals surface area contributed by atoms with E-state index < -0.39 is 11.2 Å². The highest BCUT2D eigenvalue weighted by molar-refractivity contribution is 5.97. The number of rotatable bonds is 6. The first-order chi connectivity index (χ1) is 15.5. The van der Waals surface area contributed by atoms with Crippen LogP contribution in [0.3, 0.4) is 0 Å². The Morgan fingerprint density at radius 2 is 1.81 bits per heavy atom. The number of nitrogens with two attached hydrogens (primary N) is 1. The van der Waals surface area contributed by atoms with E-state index in [0.717, 1.165) is 29.7 Å². The second-order valence-electron chi connectivity index (χ2n) is 7.86. The van der Waals surface area contributed by atoms with Gasteiger partial charge in [0.05, 0.1) is 13.1 Å². The molecule has 8 heteroatoms. The number of nitrogen functional groups attached to an aromatic ring is 1. The summed E-state index contributed by atoms with van der Waals surface area (Å²) in [6.45, 7) is 3.08. The molecular weight excluding hydrogens is 406 g/mol. The summed E-state index contributed by atoms with van der Waals surface area (Å²) < 4.78 is 1.33. The largest absolute Gasteiger partial charge is 0.383 e. The Labute approximate surface area is 185 Å². The van der Waals surface area contributed by atoms with Crippen LogP contribution < -0.4 is 26.8 Å². The average Bonchev–Trinajstić information content (AvgIpc) is 2.81. The molecule has 0 radical (unpaired) electrons. The fraction of sp³-hybridized carbons (Fsp3) is 0.292. The Morgan fingerprint density at radius 1 is 1.09 bits per heavy atom. The van der Waals surface area contributed by atoms with E-state index >= 15 is 0 Å². The second kappa shape index (κ2) is 9.13. The molecule has 0 saturated carbocycles. The van der Waals surface area contributed by atoms with Crippen molar-refractivity contribution < 1.29 is 4.79 Å². The maximum atomic E-state index is 13.2. The molecule has 0 fully saturated rings. The van der Waals surface area contributed by atoms with E-state index in [0.29, 0.717) is 13.1 Å². The molecule has 4 rings (SSSR count). The van der Waals surface area contributed by atoms with Crippen molar-refractivity contribution in [1.82, 2.24) is 9.55 Å². The normalized spacial score (nSPS) is 13.0. The summed E-state index contributed by atoms with van der Waals surface area (Å²) in [4.78, 5) is 44.2. The molecular formula is C24H27N5O3. The van der Waals surface area contributed by atoms with Gasteiger partial charge in [0.2, 0.25) is 5.91 Å². The van der Waals surface area contributed by atoms with Crippen LogP contribution in [0.1, 0.15) is 24.5 Å². The van der Waals surface area contributed by atoms with Crippen molar-refractivity contribution >= 4 is 23.1 Å². The molecule has 0 unspecified atom stereocenters. The van der Waals surface area contributed by atoms with Crippen molar-refractivity contribution in [3.63, 3.8) is 0 Å². The molecule has 0 aliphatic carbocycles. The standard InChI is InChI=1S/C24H27N5O3/c1-2-27(16-20(30)28-14-8-12-18-11-6-7-13-19(18)28)21-22(25)29(24(32)26-23(21)31)15-17-9-4-3-5-10-17/h3-7,9-11,13H,2,8,12,14-16,25H2,1H3,(H,26,31,32). The molecule has 166 valence electrons. The lowest BCUT2D eigenvalue weighted by Crippen LogP contribution is -2.45. The highest BCUT2D eigenvalue weighted by Gasteiger charge is 2.26. The van der Waals surface area contributed by atoms with Gasteiger partial charge in [-0.1, -0.05) is 48.5 Å². The molecule has 8 nitrogen and oxygen atoms in total. The lowest BCUT2D eigenvalue weighted by atomic mass is 10.0. The van der Waals surface area contributed by atoms with Crippen LogP contribution in [0.25, 0.3) is 0 Å². The maximum absolute atomic E-state index is 13.2. The number of anilines is 3. The minimum absolute atomic E-state index is 0.0122. The number of aromatic nitrogens is 2. The van der Waals surface area contributed by atoms with Gasteiger partial charge in [-0.05, 0) is 37.0 Å². The smallest absolute Gasteiger partial charge is 0.330 e. The van der Waals surface area contributed by atoms with Crippen molar-refractivity contribution in [2.45, 2.75) is 26.3 Å². The van der Waals surface area contributed by atoms with Crippen LogP contribution in [0, 0.1) is 0 Å². The van der Waals surface area contributed by atoms with E-state index in [1.165, 1.54) is 4.57 Å². The number of aromatic amines is 1. The predicted octanol–water partition coefficient (Wildman–Crippen LogP) is 1.97. The van der Waals surface area contributed by atoms with Crippen molar-refractivity contribution in [3.8, 4) is 0 Å². The third kappa shape index (κ3) is 4.16. The van der Waals surface area contributed by atoms with Gasteiger partial charge < -0.3 is 15.5 Å². The minimum atomic E-state index is -0.592. The molecule has 1 aromatic heterocycles. The van der Waals surface area contributed by atoms with Crippen molar-refractivity contribution in [1.29, 1.82) is 0 Å². The summed E-state index contributed by atoms with van der Waals surface area (Å²) in [5, 5.41) is 0. The Kier molecular flexibility index (Phi) is 6.11. The summed E-state index contributed by atoms with van der Waals surface area (Å²) >= 11 is 0. The molecule has 32 heavy (non-hydrogen) atoms. The summed E-state index contributed by atoms with van der Waals surface area (Å²) in [6, 6.07) is 17.3. The molecule has 1 aliphatic rings. The number of fused-ring (bicyclic) bond motifs is 1. The minimum Gasteiger partial charge on any atom is -0.383 e. The first-order valence-corrected chi connectivity index (χ1v) is 10.8. The first-order valence-electron chi connectivity index (χ1n) is 10.8. The fourth-order valence-corrected chi connectivity index (χ4v) is 4.20. The summed E-state index contributed by atoms with van der Waals surface area (Å²) in [7, 11) is 0. The van der Waals surface area contributed by atoms with E-state index in [4.69, 9.17) is 5.73 Å². The monoisotopic (exact) mass is 433 g/mol. The van der Waals surface area contributed by atoms with Crippen LogP contribution in [0.2, 0.25) is 0 Å². The van der Waals surface area contributed by atoms with Gasteiger partial charge in [0.15, 0.2) is 0 Å². The van der Waals surface area contributed by atoms with Gasteiger partial charge in [-0.25, -0.2) is 4.79 Å². The predicted molar refractivity (Wildman–Crippen MR) is 126 cm³/mol. The Morgan fingerprint density at radius 3 is 2.56 bits per heavy atom. The van der Waals surface area contributed by atoms with Crippen molar-refractivity contribution in [2.24, 2.45) is 0 Å². The number of carbonyl (C=O) groups excluding carboxylic acids is 1. The molecule has 0 spiro atoms. The number of H-pyrrole nitrogens is 1. The quantitative estimate of drug-likeness (QED) is 0.619. The van der Waals surface area contributed by atoms with Crippen molar-refractivity contribution in [3.05, 3.63) is 86.6 Å². The number of hydrogen-bond donors (Lipinski definition) is 2. The highest BCUT2D eigenvalue weighted by atomic mass is 16.2. The average molecular weight is 434 g/mol. The number of amides is 1. The van der Waals surface area contributed by atoms with Gasteiger partial charge in [0, 0.05) is 18.8 Å². The number of nitrogens with zero attached hydrogens (tertiary/aromatic N) is 3. The zero-order chi connectivity index (χ0) is 22.7. The maximum Gasteiger partial charge on any atom is 0.330 e. The van der Waals surface area contributed by atoms with Gasteiger partial charge in [-0.15, -0.1) is 0 Å². The molecule has 2 aromatic carbocycles. The van der Waals surface area contributed by atoms with Gasteiger partial charge in [-0.3, -0.25) is 19.1 Å². The van der Waals surface area contributed by atoms with E-state index in [9.17, 15) is 14.4 Å². The topological polar surface area (TPSA) is 104 Å². The molecule has 3 aromatic rings. The number of hydrogen-bond acceptors (Lipinski definition) is 5. The number of para-hydroxylation sites is 1. The SMILES string of the molecule is CCN(CC(=O)N1CCCc2ccccc21)c1c(N)n(Cc2ccccc2)c(=O)[nH]c1=O. The van der Waals surface area contributed by atoms with Gasteiger partial charge >= 0.3 is 5.69 Å². The van der Waals surface area contributed by atoms with Gasteiger partial charge in [0.1, 0.15) is 11.5 Å². The third-order valence-electron chi connectivity index (χ3n) is 5.83. The highest BCUT2D eigenvalue weighted by Crippen LogP contribution is 2.27. The van der Waals surface area contributed by atoms with Crippen molar-refractivity contribution in [2.75, 3.05) is 35.2 Å². The van der Waals surface area contributed by atoms with E-state index in [1.807, 2.05) is 61.5 Å². The van der Waals surface area contributed by atoms with E-state index in [1.54, 1.807) is 9.80 Å². The van der Waals surface area contributed by atoms with Crippen LogP contribution in [0.15, 0.2) is 64.2 Å². The van der Waals surface area contributed by atoms with E-state index in [2.05, 4.69) is 4.98 Å². The molecule has 0 saturated heterocycles. The number of nitrogens with one attached hydrogen (secondary N) is 1. The zero-order valence-electron chi connectivity index (χ0n) is 18.1. The van der Waals surface area contributed by atoms with Gasteiger partial charge in [-0.2, -0.15) is 0 Å². The molecule has 0 atom stereocenters. The molecule has 0 bridgehead atoms. The number of likely N-dealkylation sites (N-methyl/N-ethyl adjacent to an activating group) is 1. The Balaban J connectivity index is 1.65. The molecule has 1 aliphatic heterocycles. The summed E-state index contributed by atoms with van der Waals surface area (Å²) in [5.74, 6) is -0.0603. The third-order valence-corrected chi connectivity index (χ3v) is 5.83. The lowest BCUT2D eigenvalue weighted by molar-refractivity contribution is -0.117. The van der Waals surface area contributed by atoms with Crippen LogP contribution >= 0.6 is 0 Å². The Bertz CT molecular complexity index is 1230. The second-order valence-corrected chi connectivity index (χ2v) is 7.86. The fourth-order valence-electron chi connectivity index (χ4n) is 4.20. The van der Waals surface area contributed by atoms with Crippen LogP contribution in [0.4, 0.5) is 17.2 Å². The molecule has 3 N–H and O–H groups in total. The first kappa shape index (κ1) is 21.4. The van der Waals surface area contributed by atoms with Gasteiger partial charge in [0.25, 0.3) is 5.56 Å².